The number of rotatable bonds is 4. The Labute approximate surface area is 87.0 Å². The average molecular weight is 192 g/mol. The third-order valence-electron chi connectivity index (χ3n) is 2.38. The maximum Gasteiger partial charge on any atom is 0.0234 e. The van der Waals surface area contributed by atoms with Crippen LogP contribution in [0.3, 0.4) is 0 Å². The molecule has 1 saturated heterocycles. The second kappa shape index (κ2) is 6.57. The molecule has 0 saturated carbocycles. The van der Waals surface area contributed by atoms with Gasteiger partial charge in [0.1, 0.15) is 0 Å². The van der Waals surface area contributed by atoms with E-state index in [0.29, 0.717) is 0 Å². The normalized spacial score (nSPS) is 20.2. The van der Waals surface area contributed by atoms with Gasteiger partial charge in [-0.15, -0.1) is 0 Å². The fourth-order valence-corrected chi connectivity index (χ4v) is 1.53. The zero-order valence-electron chi connectivity index (χ0n) is 9.00. The molecule has 0 spiro atoms. The molecule has 0 bridgehead atoms. The molecule has 1 rings (SSSR count). The van der Waals surface area contributed by atoms with Crippen LogP contribution in [0.2, 0.25) is 0 Å². The molecule has 0 aromatic carbocycles. The molecule has 2 nitrogen and oxygen atoms in total. The van der Waals surface area contributed by atoms with E-state index in [1.807, 2.05) is 19.1 Å². The lowest BCUT2D eigenvalue weighted by Gasteiger charge is -2.27. The van der Waals surface area contributed by atoms with Gasteiger partial charge in [-0.05, 0) is 12.5 Å². The summed E-state index contributed by atoms with van der Waals surface area (Å²) < 4.78 is 0. The molecule has 0 radical (unpaired) electrons. The van der Waals surface area contributed by atoms with E-state index in [-0.39, 0.29) is 0 Å². The first-order valence-electron chi connectivity index (χ1n) is 5.24. The predicted octanol–water partition coefficient (Wildman–Crippen LogP) is 1.58. The Morgan fingerprint density at radius 2 is 2.14 bits per heavy atom. The van der Waals surface area contributed by atoms with E-state index >= 15 is 0 Å². The van der Waals surface area contributed by atoms with Gasteiger partial charge in [0.15, 0.2) is 0 Å². The fourth-order valence-electron chi connectivity index (χ4n) is 1.53. The van der Waals surface area contributed by atoms with Crippen LogP contribution in [0.1, 0.15) is 6.92 Å². The molecule has 0 aromatic rings. The van der Waals surface area contributed by atoms with E-state index in [4.69, 9.17) is 0 Å². The summed E-state index contributed by atoms with van der Waals surface area (Å²) >= 11 is 0. The zero-order valence-corrected chi connectivity index (χ0v) is 9.00. The molecular weight excluding hydrogens is 172 g/mol. The number of nitrogens with one attached hydrogen (secondary N) is 1. The predicted molar refractivity (Wildman–Crippen MR) is 62.4 cm³/mol. The molecule has 1 fully saturated rings. The SMILES string of the molecule is C=CC(=CC=CC)CN1CCNCC1. The lowest BCUT2D eigenvalue weighted by molar-refractivity contribution is 0.261. The van der Waals surface area contributed by atoms with Crippen LogP contribution in [0.25, 0.3) is 0 Å². The third kappa shape index (κ3) is 3.90. The van der Waals surface area contributed by atoms with Gasteiger partial charge >= 0.3 is 0 Å². The van der Waals surface area contributed by atoms with Crippen LogP contribution < -0.4 is 5.32 Å². The number of allylic oxidation sites excluding steroid dienone is 3. The van der Waals surface area contributed by atoms with Crippen molar-refractivity contribution in [2.75, 3.05) is 32.7 Å². The Bertz CT molecular complexity index is 222. The van der Waals surface area contributed by atoms with E-state index in [9.17, 15) is 0 Å². The monoisotopic (exact) mass is 192 g/mol. The van der Waals surface area contributed by atoms with Crippen molar-refractivity contribution in [2.45, 2.75) is 6.92 Å². The Hall–Kier alpha value is -0.860. The molecule has 1 heterocycles. The highest BCUT2D eigenvalue weighted by Crippen LogP contribution is 2.02. The smallest absolute Gasteiger partial charge is 0.0234 e. The maximum atomic E-state index is 3.83. The summed E-state index contributed by atoms with van der Waals surface area (Å²) in [4.78, 5) is 2.45. The molecule has 1 aliphatic heterocycles. The first kappa shape index (κ1) is 11.2. The molecule has 78 valence electrons. The van der Waals surface area contributed by atoms with Crippen LogP contribution >= 0.6 is 0 Å². The highest BCUT2D eigenvalue weighted by Gasteiger charge is 2.09. The summed E-state index contributed by atoms with van der Waals surface area (Å²) in [5, 5.41) is 3.35. The average Bonchev–Trinajstić information content (AvgIpc) is 2.25. The third-order valence-corrected chi connectivity index (χ3v) is 2.38. The standard InChI is InChI=1S/C12H20N2/c1-3-5-6-12(4-2)11-14-9-7-13-8-10-14/h3-6,13H,2,7-11H2,1H3. The Kier molecular flexibility index (Phi) is 5.27. The molecule has 2 heteroatoms. The van der Waals surface area contributed by atoms with Crippen LogP contribution in [-0.2, 0) is 0 Å². The van der Waals surface area contributed by atoms with Crippen molar-refractivity contribution >= 4 is 0 Å². The van der Waals surface area contributed by atoms with Gasteiger partial charge < -0.3 is 5.32 Å². The van der Waals surface area contributed by atoms with Gasteiger partial charge in [-0.2, -0.15) is 0 Å². The van der Waals surface area contributed by atoms with Gasteiger partial charge in [-0.1, -0.05) is 30.9 Å². The highest BCUT2D eigenvalue weighted by atomic mass is 15.2. The minimum Gasteiger partial charge on any atom is -0.314 e. The minimum absolute atomic E-state index is 1.02. The van der Waals surface area contributed by atoms with Crippen molar-refractivity contribution in [3.05, 3.63) is 36.5 Å². The van der Waals surface area contributed by atoms with Crippen molar-refractivity contribution in [1.82, 2.24) is 10.2 Å². The van der Waals surface area contributed by atoms with Gasteiger partial charge in [0, 0.05) is 32.7 Å². The molecule has 14 heavy (non-hydrogen) atoms. The van der Waals surface area contributed by atoms with E-state index < -0.39 is 0 Å². The van der Waals surface area contributed by atoms with E-state index in [1.165, 1.54) is 5.57 Å². The van der Waals surface area contributed by atoms with Gasteiger partial charge in [0.25, 0.3) is 0 Å². The molecule has 0 unspecified atom stereocenters. The topological polar surface area (TPSA) is 15.3 Å². The molecule has 1 aliphatic rings. The van der Waals surface area contributed by atoms with E-state index in [1.54, 1.807) is 0 Å². The zero-order chi connectivity index (χ0) is 10.2. The minimum atomic E-state index is 1.02. The van der Waals surface area contributed by atoms with Gasteiger partial charge in [0.2, 0.25) is 0 Å². The highest BCUT2D eigenvalue weighted by molar-refractivity contribution is 5.23. The van der Waals surface area contributed by atoms with Crippen molar-refractivity contribution < 1.29 is 0 Å². The molecule has 1 N–H and O–H groups in total. The largest absolute Gasteiger partial charge is 0.314 e. The summed E-state index contributed by atoms with van der Waals surface area (Å²) in [7, 11) is 0. The number of piperazine rings is 1. The van der Waals surface area contributed by atoms with Crippen molar-refractivity contribution in [3.63, 3.8) is 0 Å². The Morgan fingerprint density at radius 1 is 1.43 bits per heavy atom. The Balaban J connectivity index is 2.42. The van der Waals surface area contributed by atoms with E-state index in [0.717, 1.165) is 32.7 Å². The quantitative estimate of drug-likeness (QED) is 0.680. The fraction of sp³-hybridized carbons (Fsp3) is 0.500. The molecule has 0 aromatic heterocycles. The summed E-state index contributed by atoms with van der Waals surface area (Å²) in [6, 6.07) is 0. The Morgan fingerprint density at radius 3 is 2.71 bits per heavy atom. The van der Waals surface area contributed by atoms with Crippen LogP contribution in [0.15, 0.2) is 36.5 Å². The number of hydrogen-bond donors (Lipinski definition) is 1. The molecule has 0 atom stereocenters. The van der Waals surface area contributed by atoms with Crippen molar-refractivity contribution in [1.29, 1.82) is 0 Å². The number of nitrogens with zero attached hydrogens (tertiary/aromatic N) is 1. The van der Waals surface area contributed by atoms with Gasteiger partial charge in [0.05, 0.1) is 0 Å². The lowest BCUT2D eigenvalue weighted by atomic mass is 10.2. The van der Waals surface area contributed by atoms with Crippen LogP contribution in [0, 0.1) is 0 Å². The molecule has 0 amide bonds. The van der Waals surface area contributed by atoms with E-state index in [2.05, 4.69) is 28.9 Å². The van der Waals surface area contributed by atoms with Crippen LogP contribution in [-0.4, -0.2) is 37.6 Å². The first-order valence-corrected chi connectivity index (χ1v) is 5.24. The van der Waals surface area contributed by atoms with Crippen LogP contribution in [0.5, 0.6) is 0 Å². The van der Waals surface area contributed by atoms with Crippen molar-refractivity contribution in [2.24, 2.45) is 0 Å². The molecule has 0 aliphatic carbocycles. The molecular formula is C12H20N2. The lowest BCUT2D eigenvalue weighted by Crippen LogP contribution is -2.44. The van der Waals surface area contributed by atoms with Crippen molar-refractivity contribution in [3.8, 4) is 0 Å². The first-order chi connectivity index (χ1) is 6.86. The van der Waals surface area contributed by atoms with Crippen LogP contribution in [0.4, 0.5) is 0 Å². The summed E-state index contributed by atoms with van der Waals surface area (Å²) in [5.74, 6) is 0. The summed E-state index contributed by atoms with van der Waals surface area (Å²) in [5.41, 5.74) is 1.30. The van der Waals surface area contributed by atoms with Gasteiger partial charge in [-0.3, -0.25) is 4.90 Å². The number of hydrogen-bond acceptors (Lipinski definition) is 2. The van der Waals surface area contributed by atoms with Gasteiger partial charge in [-0.25, -0.2) is 0 Å². The second-order valence-corrected chi connectivity index (χ2v) is 3.50. The second-order valence-electron chi connectivity index (χ2n) is 3.50. The maximum absolute atomic E-state index is 3.83. The summed E-state index contributed by atoms with van der Waals surface area (Å²) in [6.45, 7) is 11.4. The summed E-state index contributed by atoms with van der Waals surface area (Å²) in [6.07, 6.45) is 8.19.